The van der Waals surface area contributed by atoms with Gasteiger partial charge in [0, 0.05) is 33.8 Å². The monoisotopic (exact) mass is 307 g/mol. The molecular weight excluding hydrogens is 282 g/mol. The predicted octanol–water partition coefficient (Wildman–Crippen LogP) is 6.22. The van der Waals surface area contributed by atoms with Crippen LogP contribution in [0.5, 0.6) is 0 Å². The Kier molecular flexibility index (Phi) is 6.24. The maximum atomic E-state index is 2.45. The van der Waals surface area contributed by atoms with E-state index in [1.54, 1.807) is 0 Å². The van der Waals surface area contributed by atoms with Crippen LogP contribution in [0.2, 0.25) is 0 Å². The van der Waals surface area contributed by atoms with Crippen molar-refractivity contribution >= 4 is 23.1 Å². The van der Waals surface area contributed by atoms with Gasteiger partial charge in [0.1, 0.15) is 0 Å². The van der Waals surface area contributed by atoms with E-state index in [1.807, 2.05) is 23.1 Å². The number of aromatic nitrogens is 1. The van der Waals surface area contributed by atoms with Crippen LogP contribution in [0.15, 0.2) is 28.6 Å². The van der Waals surface area contributed by atoms with E-state index in [9.17, 15) is 0 Å². The molecule has 0 saturated carbocycles. The summed E-state index contributed by atoms with van der Waals surface area (Å²) in [7, 11) is 0. The highest BCUT2D eigenvalue weighted by Crippen LogP contribution is 2.38. The van der Waals surface area contributed by atoms with Gasteiger partial charge in [-0.15, -0.1) is 23.1 Å². The zero-order valence-electron chi connectivity index (χ0n) is 12.8. The Hall–Kier alpha value is -0.670. The van der Waals surface area contributed by atoms with Crippen LogP contribution in [0, 0.1) is 6.92 Å². The lowest BCUT2D eigenvalue weighted by atomic mass is 10.2. The smallest absolute Gasteiger partial charge is 0.0372 e. The minimum absolute atomic E-state index is 1.15. The van der Waals surface area contributed by atoms with Gasteiger partial charge >= 0.3 is 0 Å². The molecule has 1 nitrogen and oxygen atoms in total. The summed E-state index contributed by atoms with van der Waals surface area (Å²) in [5.74, 6) is 1.23. The molecule has 2 aromatic rings. The summed E-state index contributed by atoms with van der Waals surface area (Å²) in [6, 6.07) is 4.41. The Morgan fingerprint density at radius 1 is 1.20 bits per heavy atom. The van der Waals surface area contributed by atoms with Crippen molar-refractivity contribution in [3.05, 3.63) is 29.4 Å². The third-order valence-corrected chi connectivity index (χ3v) is 5.59. The molecule has 20 heavy (non-hydrogen) atoms. The van der Waals surface area contributed by atoms with Crippen LogP contribution < -0.4 is 0 Å². The topological polar surface area (TPSA) is 4.93 Å². The van der Waals surface area contributed by atoms with Gasteiger partial charge in [0.15, 0.2) is 0 Å². The molecule has 3 heteroatoms. The maximum absolute atomic E-state index is 2.45. The quantitative estimate of drug-likeness (QED) is 0.414. The van der Waals surface area contributed by atoms with E-state index in [1.165, 1.54) is 52.5 Å². The zero-order valence-corrected chi connectivity index (χ0v) is 14.4. The van der Waals surface area contributed by atoms with Crippen molar-refractivity contribution in [3.63, 3.8) is 0 Å². The molecule has 0 saturated heterocycles. The summed E-state index contributed by atoms with van der Waals surface area (Å²) in [6.07, 6.45) is 7.47. The first-order chi connectivity index (χ1) is 9.77. The third-order valence-electron chi connectivity index (χ3n) is 3.59. The Labute approximate surface area is 131 Å². The molecule has 0 radical (unpaired) electrons. The molecule has 0 aliphatic carbocycles. The molecule has 0 bridgehead atoms. The summed E-state index contributed by atoms with van der Waals surface area (Å²) in [6.45, 7) is 7.94. The Balaban J connectivity index is 2.27. The molecule has 2 heterocycles. The lowest BCUT2D eigenvalue weighted by molar-refractivity contribution is 0.621. The lowest BCUT2D eigenvalue weighted by Gasteiger charge is -2.05. The fraction of sp³-hybridized carbons (Fsp3) is 0.529. The summed E-state index contributed by atoms with van der Waals surface area (Å²) >= 11 is 3.88. The average Bonchev–Trinajstić information content (AvgIpc) is 3.05. The number of thioether (sulfide) groups is 1. The van der Waals surface area contributed by atoms with Gasteiger partial charge in [-0.1, -0.05) is 32.8 Å². The molecule has 110 valence electrons. The first-order valence-corrected chi connectivity index (χ1v) is 9.50. The Morgan fingerprint density at radius 2 is 2.00 bits per heavy atom. The van der Waals surface area contributed by atoms with E-state index >= 15 is 0 Å². The van der Waals surface area contributed by atoms with Gasteiger partial charge in [-0.25, -0.2) is 0 Å². The number of thiophene rings is 1. The fourth-order valence-corrected chi connectivity index (χ4v) is 4.50. The lowest BCUT2D eigenvalue weighted by Crippen LogP contribution is -1.98. The van der Waals surface area contributed by atoms with E-state index < -0.39 is 0 Å². The standard InChI is InChI=1S/C17H25NS2/c1-4-6-10-18-13-16(20-11-7-5-2)17(14(18)3)15-9-8-12-19-15/h8-9,12-13H,4-7,10-11H2,1-3H3. The van der Waals surface area contributed by atoms with Crippen LogP contribution in [0.25, 0.3) is 10.4 Å². The van der Waals surface area contributed by atoms with Crippen LogP contribution in [-0.4, -0.2) is 10.3 Å². The van der Waals surface area contributed by atoms with Crippen molar-refractivity contribution in [1.29, 1.82) is 0 Å². The zero-order chi connectivity index (χ0) is 14.4. The van der Waals surface area contributed by atoms with Crippen molar-refractivity contribution in [1.82, 2.24) is 4.57 Å². The van der Waals surface area contributed by atoms with E-state index in [0.717, 1.165) is 6.54 Å². The van der Waals surface area contributed by atoms with E-state index in [4.69, 9.17) is 0 Å². The fourth-order valence-electron chi connectivity index (χ4n) is 2.34. The van der Waals surface area contributed by atoms with Crippen LogP contribution >= 0.6 is 23.1 Å². The van der Waals surface area contributed by atoms with E-state index in [-0.39, 0.29) is 0 Å². The summed E-state index contributed by atoms with van der Waals surface area (Å²) in [5.41, 5.74) is 2.90. The minimum atomic E-state index is 1.15. The normalized spacial score (nSPS) is 11.2. The highest BCUT2D eigenvalue weighted by Gasteiger charge is 2.15. The molecule has 0 aromatic carbocycles. The molecule has 0 fully saturated rings. The van der Waals surface area contributed by atoms with Crippen LogP contribution in [-0.2, 0) is 6.54 Å². The van der Waals surface area contributed by atoms with Gasteiger partial charge in [-0.05, 0) is 37.0 Å². The van der Waals surface area contributed by atoms with Crippen molar-refractivity contribution < 1.29 is 0 Å². The summed E-state index contributed by atoms with van der Waals surface area (Å²) in [4.78, 5) is 2.88. The van der Waals surface area contributed by atoms with Crippen LogP contribution in [0.1, 0.15) is 45.2 Å². The number of nitrogens with zero attached hydrogens (tertiary/aromatic N) is 1. The second-order valence-electron chi connectivity index (χ2n) is 5.18. The molecule has 0 atom stereocenters. The molecule has 0 amide bonds. The highest BCUT2D eigenvalue weighted by atomic mass is 32.2. The van der Waals surface area contributed by atoms with Gasteiger partial charge in [0.2, 0.25) is 0 Å². The second-order valence-corrected chi connectivity index (χ2v) is 7.26. The van der Waals surface area contributed by atoms with Gasteiger partial charge in [0.25, 0.3) is 0 Å². The SMILES string of the molecule is CCCCSc1cn(CCCC)c(C)c1-c1cccs1. The number of unbranched alkanes of at least 4 members (excludes halogenated alkanes) is 2. The summed E-state index contributed by atoms with van der Waals surface area (Å²) < 4.78 is 2.45. The molecule has 0 unspecified atom stereocenters. The Bertz CT molecular complexity index is 511. The van der Waals surface area contributed by atoms with Gasteiger partial charge < -0.3 is 4.57 Å². The number of aryl methyl sites for hydroxylation is 1. The minimum Gasteiger partial charge on any atom is -0.350 e. The van der Waals surface area contributed by atoms with Crippen molar-refractivity contribution in [2.45, 2.75) is 57.9 Å². The average molecular weight is 308 g/mol. The molecule has 2 aromatic heterocycles. The van der Waals surface area contributed by atoms with Crippen molar-refractivity contribution in [2.24, 2.45) is 0 Å². The first-order valence-electron chi connectivity index (χ1n) is 7.64. The van der Waals surface area contributed by atoms with Gasteiger partial charge in [-0.3, -0.25) is 0 Å². The van der Waals surface area contributed by atoms with E-state index in [0.29, 0.717) is 0 Å². The molecular formula is C17H25NS2. The molecule has 2 rings (SSSR count). The largest absolute Gasteiger partial charge is 0.350 e. The summed E-state index contributed by atoms with van der Waals surface area (Å²) in [5, 5.41) is 2.18. The van der Waals surface area contributed by atoms with Crippen molar-refractivity contribution in [3.8, 4) is 10.4 Å². The van der Waals surface area contributed by atoms with Crippen molar-refractivity contribution in [2.75, 3.05) is 5.75 Å². The predicted molar refractivity (Wildman–Crippen MR) is 93.0 cm³/mol. The number of hydrogen-bond donors (Lipinski definition) is 0. The van der Waals surface area contributed by atoms with Gasteiger partial charge in [0.05, 0.1) is 0 Å². The molecule has 0 aliphatic heterocycles. The van der Waals surface area contributed by atoms with Crippen LogP contribution in [0.4, 0.5) is 0 Å². The first kappa shape index (κ1) is 15.7. The molecule has 0 N–H and O–H groups in total. The maximum Gasteiger partial charge on any atom is 0.0372 e. The van der Waals surface area contributed by atoms with Crippen LogP contribution in [0.3, 0.4) is 0 Å². The molecule has 0 aliphatic rings. The third kappa shape index (κ3) is 3.70. The second kappa shape index (κ2) is 7.94. The highest BCUT2D eigenvalue weighted by molar-refractivity contribution is 7.99. The molecule has 0 spiro atoms. The number of rotatable bonds is 8. The van der Waals surface area contributed by atoms with E-state index in [2.05, 4.69) is 49.0 Å². The Morgan fingerprint density at radius 3 is 2.65 bits per heavy atom. The van der Waals surface area contributed by atoms with Gasteiger partial charge in [-0.2, -0.15) is 0 Å². The number of hydrogen-bond acceptors (Lipinski definition) is 2.